The predicted molar refractivity (Wildman–Crippen MR) is 79.3 cm³/mol. The molecule has 4 heteroatoms. The van der Waals surface area contributed by atoms with Crippen LogP contribution in [0, 0.1) is 13.8 Å². The minimum Gasteiger partial charge on any atom is -0.481 e. The smallest absolute Gasteiger partial charge is 0.313 e. The van der Waals surface area contributed by atoms with E-state index in [0.29, 0.717) is 5.56 Å². The van der Waals surface area contributed by atoms with Crippen molar-refractivity contribution in [2.45, 2.75) is 33.1 Å². The highest BCUT2D eigenvalue weighted by Gasteiger charge is 2.33. The summed E-state index contributed by atoms with van der Waals surface area (Å²) in [4.78, 5) is 23.9. The number of carbonyl (C=O) groups is 1. The van der Waals surface area contributed by atoms with Gasteiger partial charge in [-0.2, -0.15) is 0 Å². The number of carboxylic acids is 1. The molecular formula is C16H19NO3. The highest BCUT2D eigenvalue weighted by molar-refractivity contribution is 5.87. The molecule has 0 aliphatic heterocycles. The summed E-state index contributed by atoms with van der Waals surface area (Å²) >= 11 is 0. The standard InChI is InChI=1S/C16H19NO3/c1-9-6-7-11-8-12(16(3,4)15(19)20)14(18)17(5)13(11)10(9)2/h6-8H,1-5H3,(H,19,20). The molecule has 0 saturated heterocycles. The fourth-order valence-electron chi connectivity index (χ4n) is 2.45. The van der Waals surface area contributed by atoms with Gasteiger partial charge < -0.3 is 9.67 Å². The van der Waals surface area contributed by atoms with E-state index in [2.05, 4.69) is 0 Å². The van der Waals surface area contributed by atoms with Gasteiger partial charge in [0.15, 0.2) is 0 Å². The van der Waals surface area contributed by atoms with Gasteiger partial charge in [-0.3, -0.25) is 9.59 Å². The molecule has 0 aliphatic rings. The normalized spacial score (nSPS) is 11.8. The Bertz CT molecular complexity index is 769. The summed E-state index contributed by atoms with van der Waals surface area (Å²) in [5.74, 6) is -1.00. The average molecular weight is 273 g/mol. The van der Waals surface area contributed by atoms with Crippen LogP contribution in [0.2, 0.25) is 0 Å². The molecule has 0 fully saturated rings. The maximum Gasteiger partial charge on any atom is 0.313 e. The first-order chi connectivity index (χ1) is 9.17. The van der Waals surface area contributed by atoms with Gasteiger partial charge in [-0.1, -0.05) is 12.1 Å². The van der Waals surface area contributed by atoms with E-state index in [-0.39, 0.29) is 5.56 Å². The summed E-state index contributed by atoms with van der Waals surface area (Å²) in [6, 6.07) is 5.62. The zero-order valence-corrected chi connectivity index (χ0v) is 12.4. The largest absolute Gasteiger partial charge is 0.481 e. The van der Waals surface area contributed by atoms with Crippen LogP contribution < -0.4 is 5.56 Å². The summed E-state index contributed by atoms with van der Waals surface area (Å²) in [6.07, 6.45) is 0. The van der Waals surface area contributed by atoms with E-state index >= 15 is 0 Å². The Hall–Kier alpha value is -2.10. The van der Waals surface area contributed by atoms with Crippen molar-refractivity contribution in [3.63, 3.8) is 0 Å². The number of hydrogen-bond acceptors (Lipinski definition) is 2. The number of rotatable bonds is 2. The minimum absolute atomic E-state index is 0.251. The van der Waals surface area contributed by atoms with E-state index < -0.39 is 11.4 Å². The SMILES string of the molecule is Cc1ccc2cc(C(C)(C)C(=O)O)c(=O)n(C)c2c1C. The highest BCUT2D eigenvalue weighted by atomic mass is 16.4. The van der Waals surface area contributed by atoms with E-state index in [9.17, 15) is 14.7 Å². The second-order valence-corrected chi connectivity index (χ2v) is 5.80. The van der Waals surface area contributed by atoms with Crippen LogP contribution >= 0.6 is 0 Å². The monoisotopic (exact) mass is 273 g/mol. The number of aliphatic carboxylic acids is 1. The van der Waals surface area contributed by atoms with Gasteiger partial charge in [0.1, 0.15) is 0 Å². The molecule has 0 radical (unpaired) electrons. The molecule has 0 unspecified atom stereocenters. The van der Waals surface area contributed by atoms with Gasteiger partial charge >= 0.3 is 5.97 Å². The maximum absolute atomic E-state index is 12.5. The van der Waals surface area contributed by atoms with Crippen molar-refractivity contribution < 1.29 is 9.90 Å². The quantitative estimate of drug-likeness (QED) is 0.914. The average Bonchev–Trinajstić information content (AvgIpc) is 2.37. The molecule has 0 spiro atoms. The van der Waals surface area contributed by atoms with Crippen molar-refractivity contribution in [2.75, 3.05) is 0 Å². The lowest BCUT2D eigenvalue weighted by Crippen LogP contribution is -2.37. The lowest BCUT2D eigenvalue weighted by Gasteiger charge is -2.21. The van der Waals surface area contributed by atoms with Crippen LogP contribution in [0.15, 0.2) is 23.0 Å². The van der Waals surface area contributed by atoms with Crippen LogP contribution in [0.5, 0.6) is 0 Å². The van der Waals surface area contributed by atoms with Gasteiger partial charge in [0.2, 0.25) is 0 Å². The van der Waals surface area contributed by atoms with E-state index in [4.69, 9.17) is 0 Å². The number of fused-ring (bicyclic) bond motifs is 1. The zero-order valence-electron chi connectivity index (χ0n) is 12.4. The van der Waals surface area contributed by atoms with E-state index in [1.165, 1.54) is 0 Å². The van der Waals surface area contributed by atoms with Gasteiger partial charge in [-0.05, 0) is 50.3 Å². The van der Waals surface area contributed by atoms with E-state index in [0.717, 1.165) is 22.0 Å². The van der Waals surface area contributed by atoms with Crippen LogP contribution in [0.4, 0.5) is 0 Å². The molecular weight excluding hydrogens is 254 g/mol. The number of aryl methyl sites for hydroxylation is 3. The van der Waals surface area contributed by atoms with Crippen LogP contribution in [-0.2, 0) is 17.3 Å². The number of benzene rings is 1. The topological polar surface area (TPSA) is 59.3 Å². The van der Waals surface area contributed by atoms with Crippen LogP contribution in [-0.4, -0.2) is 15.6 Å². The van der Waals surface area contributed by atoms with E-state index in [1.807, 2.05) is 26.0 Å². The Kier molecular flexibility index (Phi) is 3.20. The Morgan fingerprint density at radius 2 is 1.85 bits per heavy atom. The van der Waals surface area contributed by atoms with Gasteiger partial charge in [0.25, 0.3) is 5.56 Å². The maximum atomic E-state index is 12.5. The Balaban J connectivity index is 2.94. The zero-order chi connectivity index (χ0) is 15.2. The molecule has 0 bridgehead atoms. The van der Waals surface area contributed by atoms with Crippen molar-refractivity contribution in [1.82, 2.24) is 4.57 Å². The molecule has 0 amide bonds. The summed E-state index contributed by atoms with van der Waals surface area (Å²) in [5, 5.41) is 10.2. The number of nitrogens with zero attached hydrogens (tertiary/aromatic N) is 1. The summed E-state index contributed by atoms with van der Waals surface area (Å²) in [5.41, 5.74) is 1.86. The van der Waals surface area contributed by atoms with Gasteiger partial charge in [-0.15, -0.1) is 0 Å². The molecule has 1 heterocycles. The fraction of sp³-hybridized carbons (Fsp3) is 0.375. The van der Waals surface area contributed by atoms with Gasteiger partial charge in [0.05, 0.1) is 10.9 Å². The summed E-state index contributed by atoms with van der Waals surface area (Å²) < 4.78 is 1.55. The van der Waals surface area contributed by atoms with Gasteiger partial charge in [0, 0.05) is 12.6 Å². The molecule has 4 nitrogen and oxygen atoms in total. The Morgan fingerprint density at radius 3 is 2.40 bits per heavy atom. The van der Waals surface area contributed by atoms with Crippen molar-refractivity contribution in [3.8, 4) is 0 Å². The van der Waals surface area contributed by atoms with Gasteiger partial charge in [-0.25, -0.2) is 0 Å². The molecule has 2 rings (SSSR count). The lowest BCUT2D eigenvalue weighted by molar-refractivity contribution is -0.142. The summed E-state index contributed by atoms with van der Waals surface area (Å²) in [6.45, 7) is 7.07. The molecule has 0 aliphatic carbocycles. The first-order valence-electron chi connectivity index (χ1n) is 6.51. The van der Waals surface area contributed by atoms with Crippen molar-refractivity contribution in [1.29, 1.82) is 0 Å². The second kappa shape index (κ2) is 4.47. The Morgan fingerprint density at radius 1 is 1.25 bits per heavy atom. The van der Waals surface area contributed by atoms with Crippen LogP contribution in [0.1, 0.15) is 30.5 Å². The molecule has 0 atom stereocenters. The van der Waals surface area contributed by atoms with Crippen molar-refractivity contribution in [3.05, 3.63) is 45.2 Å². The molecule has 1 N–H and O–H groups in total. The number of hydrogen-bond donors (Lipinski definition) is 1. The molecule has 20 heavy (non-hydrogen) atoms. The molecule has 2 aromatic rings. The van der Waals surface area contributed by atoms with Crippen molar-refractivity contribution in [2.24, 2.45) is 7.05 Å². The molecule has 106 valence electrons. The van der Waals surface area contributed by atoms with Crippen LogP contribution in [0.3, 0.4) is 0 Å². The third-order valence-corrected chi connectivity index (χ3v) is 4.11. The second-order valence-electron chi connectivity index (χ2n) is 5.80. The number of pyridine rings is 1. The number of aromatic nitrogens is 1. The van der Waals surface area contributed by atoms with Crippen molar-refractivity contribution >= 4 is 16.9 Å². The Labute approximate surface area is 117 Å². The minimum atomic E-state index is -1.21. The lowest BCUT2D eigenvalue weighted by atomic mass is 9.84. The molecule has 1 aromatic carbocycles. The summed E-state index contributed by atoms with van der Waals surface area (Å²) in [7, 11) is 1.69. The van der Waals surface area contributed by atoms with Crippen LogP contribution in [0.25, 0.3) is 10.9 Å². The first kappa shape index (κ1) is 14.3. The highest BCUT2D eigenvalue weighted by Crippen LogP contribution is 2.26. The first-order valence-corrected chi connectivity index (χ1v) is 6.51. The third-order valence-electron chi connectivity index (χ3n) is 4.11. The van der Waals surface area contributed by atoms with E-state index in [1.54, 1.807) is 31.5 Å². The third kappa shape index (κ3) is 1.92. The molecule has 0 saturated carbocycles. The fourth-order valence-corrected chi connectivity index (χ4v) is 2.45. The predicted octanol–water partition coefficient (Wildman–Crippen LogP) is 2.52. The molecule has 1 aromatic heterocycles. The number of carboxylic acid groups (broad SMARTS) is 1.